The van der Waals surface area contributed by atoms with Crippen molar-refractivity contribution < 1.29 is 4.79 Å². The molecule has 0 saturated carbocycles. The van der Waals surface area contributed by atoms with Crippen molar-refractivity contribution in [3.8, 4) is 0 Å². The molecular formula is C9H17N2O. The van der Waals surface area contributed by atoms with Crippen LogP contribution < -0.4 is 5.73 Å². The molecule has 0 bridgehead atoms. The van der Waals surface area contributed by atoms with Gasteiger partial charge in [0.25, 0.3) is 0 Å². The number of amides is 1. The summed E-state index contributed by atoms with van der Waals surface area (Å²) in [5.74, 6) is 0.0364. The maximum atomic E-state index is 11.5. The number of carbonyl (C=O) groups excluding carboxylic acids is 1. The first kappa shape index (κ1) is 9.52. The molecule has 1 radical (unpaired) electrons. The third-order valence-electron chi connectivity index (χ3n) is 2.29. The molecule has 0 aromatic heterocycles. The third kappa shape index (κ3) is 2.21. The molecule has 1 heterocycles. The smallest absolute Gasteiger partial charge is 0.241 e. The van der Waals surface area contributed by atoms with Gasteiger partial charge < -0.3 is 4.90 Å². The van der Waals surface area contributed by atoms with Crippen LogP contribution in [-0.4, -0.2) is 29.9 Å². The highest BCUT2D eigenvalue weighted by atomic mass is 16.2. The van der Waals surface area contributed by atoms with Crippen LogP contribution in [0.25, 0.3) is 0 Å². The molecule has 3 nitrogen and oxygen atoms in total. The lowest BCUT2D eigenvalue weighted by Gasteiger charge is -2.18. The quantitative estimate of drug-likeness (QED) is 0.623. The number of rotatable bonds is 3. The van der Waals surface area contributed by atoms with E-state index in [1.165, 1.54) is 0 Å². The summed E-state index contributed by atoms with van der Waals surface area (Å²) in [6, 6.07) is -0.506. The topological polar surface area (TPSA) is 44.1 Å². The second-order valence-electron chi connectivity index (χ2n) is 3.37. The zero-order chi connectivity index (χ0) is 8.97. The Hall–Kier alpha value is -0.570. The number of carbonyl (C=O) groups is 1. The predicted molar refractivity (Wildman–Crippen MR) is 47.6 cm³/mol. The van der Waals surface area contributed by atoms with Crippen molar-refractivity contribution in [1.29, 1.82) is 0 Å². The summed E-state index contributed by atoms with van der Waals surface area (Å²) in [6.07, 6.45) is 3.86. The van der Waals surface area contributed by atoms with Crippen LogP contribution >= 0.6 is 0 Å². The van der Waals surface area contributed by atoms with Crippen molar-refractivity contribution in [1.82, 2.24) is 10.6 Å². The minimum atomic E-state index is -0.506. The minimum absolute atomic E-state index is 0.0364. The largest absolute Gasteiger partial charge is 0.341 e. The van der Waals surface area contributed by atoms with Gasteiger partial charge in [-0.05, 0) is 19.3 Å². The Bertz CT molecular complexity index is 153. The first-order chi connectivity index (χ1) is 5.75. The number of nitrogens with one attached hydrogen (secondary N) is 1. The molecule has 1 N–H and O–H groups in total. The molecule has 0 aromatic carbocycles. The second-order valence-corrected chi connectivity index (χ2v) is 3.37. The van der Waals surface area contributed by atoms with Gasteiger partial charge in [-0.2, -0.15) is 0 Å². The zero-order valence-electron chi connectivity index (χ0n) is 7.68. The molecule has 3 heteroatoms. The van der Waals surface area contributed by atoms with E-state index in [-0.39, 0.29) is 5.91 Å². The number of likely N-dealkylation sites (tertiary alicyclic amines) is 1. The first-order valence-electron chi connectivity index (χ1n) is 4.75. The van der Waals surface area contributed by atoms with E-state index in [0.29, 0.717) is 6.42 Å². The van der Waals surface area contributed by atoms with Crippen LogP contribution in [0.4, 0.5) is 0 Å². The summed E-state index contributed by atoms with van der Waals surface area (Å²) in [7, 11) is 0. The van der Waals surface area contributed by atoms with E-state index >= 15 is 0 Å². The van der Waals surface area contributed by atoms with Crippen molar-refractivity contribution in [3.63, 3.8) is 0 Å². The van der Waals surface area contributed by atoms with E-state index in [1.54, 1.807) is 0 Å². The Kier molecular flexibility index (Phi) is 3.53. The molecule has 1 aliphatic rings. The fourth-order valence-corrected chi connectivity index (χ4v) is 1.57. The van der Waals surface area contributed by atoms with Crippen molar-refractivity contribution >= 4 is 5.91 Å². The van der Waals surface area contributed by atoms with E-state index in [0.717, 1.165) is 32.4 Å². The Labute approximate surface area is 73.9 Å². The Morgan fingerprint density at radius 1 is 1.50 bits per heavy atom. The van der Waals surface area contributed by atoms with Gasteiger partial charge in [-0.25, -0.2) is 5.73 Å². The summed E-state index contributed by atoms with van der Waals surface area (Å²) in [4.78, 5) is 13.3. The Morgan fingerprint density at radius 2 is 2.08 bits per heavy atom. The van der Waals surface area contributed by atoms with Gasteiger partial charge in [-0.15, -0.1) is 0 Å². The van der Waals surface area contributed by atoms with Gasteiger partial charge in [0.2, 0.25) is 5.91 Å². The van der Waals surface area contributed by atoms with E-state index in [9.17, 15) is 4.79 Å². The summed E-state index contributed by atoms with van der Waals surface area (Å²) < 4.78 is 0. The molecule has 0 spiro atoms. The van der Waals surface area contributed by atoms with Gasteiger partial charge in [0, 0.05) is 13.1 Å². The average Bonchev–Trinajstić information content (AvgIpc) is 2.55. The molecule has 0 aliphatic carbocycles. The molecule has 1 amide bonds. The predicted octanol–water partition coefficient (Wildman–Crippen LogP) is 1.06. The van der Waals surface area contributed by atoms with E-state index in [4.69, 9.17) is 5.73 Å². The normalized spacial score (nSPS) is 19.7. The monoisotopic (exact) mass is 169 g/mol. The van der Waals surface area contributed by atoms with E-state index in [2.05, 4.69) is 0 Å². The SMILES string of the molecule is CCCC([NH])C(=O)N1CCCC1. The van der Waals surface area contributed by atoms with Crippen LogP contribution in [0.2, 0.25) is 0 Å². The summed E-state index contributed by atoms with van der Waals surface area (Å²) in [6.45, 7) is 3.76. The highest BCUT2D eigenvalue weighted by Gasteiger charge is 2.22. The second kappa shape index (κ2) is 4.45. The van der Waals surface area contributed by atoms with Gasteiger partial charge >= 0.3 is 0 Å². The van der Waals surface area contributed by atoms with Crippen LogP contribution in [0, 0.1) is 0 Å². The summed E-state index contributed by atoms with van der Waals surface area (Å²) in [5.41, 5.74) is 7.55. The molecular weight excluding hydrogens is 152 g/mol. The highest BCUT2D eigenvalue weighted by molar-refractivity contribution is 5.81. The van der Waals surface area contributed by atoms with Crippen molar-refractivity contribution in [2.24, 2.45) is 0 Å². The highest BCUT2D eigenvalue weighted by Crippen LogP contribution is 2.10. The van der Waals surface area contributed by atoms with Gasteiger partial charge in [0.15, 0.2) is 0 Å². The maximum Gasteiger partial charge on any atom is 0.241 e. The average molecular weight is 169 g/mol. The molecule has 1 saturated heterocycles. The number of hydrogen-bond donors (Lipinski definition) is 0. The molecule has 0 aromatic rings. The van der Waals surface area contributed by atoms with Crippen molar-refractivity contribution in [2.45, 2.75) is 38.6 Å². The van der Waals surface area contributed by atoms with Crippen LogP contribution in [0.15, 0.2) is 0 Å². The standard InChI is InChI=1S/C9H17N2O/c1-2-5-8(10)9(12)11-6-3-4-7-11/h8,10H,2-7H2,1H3. The Balaban J connectivity index is 2.34. The zero-order valence-corrected chi connectivity index (χ0v) is 7.68. The molecule has 1 unspecified atom stereocenters. The fourth-order valence-electron chi connectivity index (χ4n) is 1.57. The van der Waals surface area contributed by atoms with Crippen molar-refractivity contribution in [2.75, 3.05) is 13.1 Å². The van der Waals surface area contributed by atoms with Gasteiger partial charge in [0.05, 0.1) is 0 Å². The summed E-state index contributed by atoms with van der Waals surface area (Å²) in [5, 5.41) is 0. The molecule has 12 heavy (non-hydrogen) atoms. The van der Waals surface area contributed by atoms with Crippen LogP contribution in [-0.2, 0) is 4.79 Å². The maximum absolute atomic E-state index is 11.5. The number of hydrogen-bond acceptors (Lipinski definition) is 1. The third-order valence-corrected chi connectivity index (χ3v) is 2.29. The van der Waals surface area contributed by atoms with E-state index in [1.807, 2.05) is 11.8 Å². The Morgan fingerprint density at radius 3 is 2.58 bits per heavy atom. The molecule has 1 rings (SSSR count). The van der Waals surface area contributed by atoms with Gasteiger partial charge in [-0.3, -0.25) is 4.79 Å². The number of nitrogens with zero attached hydrogens (tertiary/aromatic N) is 1. The molecule has 69 valence electrons. The van der Waals surface area contributed by atoms with Gasteiger partial charge in [0.1, 0.15) is 6.04 Å². The van der Waals surface area contributed by atoms with Crippen LogP contribution in [0.5, 0.6) is 0 Å². The van der Waals surface area contributed by atoms with Crippen molar-refractivity contribution in [3.05, 3.63) is 0 Å². The van der Waals surface area contributed by atoms with Gasteiger partial charge in [-0.1, -0.05) is 13.3 Å². The first-order valence-corrected chi connectivity index (χ1v) is 4.75. The summed E-state index contributed by atoms with van der Waals surface area (Å²) >= 11 is 0. The molecule has 1 fully saturated rings. The fraction of sp³-hybridized carbons (Fsp3) is 0.889. The lowest BCUT2D eigenvalue weighted by Crippen LogP contribution is -2.37. The van der Waals surface area contributed by atoms with Crippen LogP contribution in [0.3, 0.4) is 0 Å². The molecule has 1 atom stereocenters. The van der Waals surface area contributed by atoms with E-state index < -0.39 is 6.04 Å². The lowest BCUT2D eigenvalue weighted by atomic mass is 10.1. The van der Waals surface area contributed by atoms with Crippen LogP contribution in [0.1, 0.15) is 32.6 Å². The molecule has 1 aliphatic heterocycles. The minimum Gasteiger partial charge on any atom is -0.341 e. The lowest BCUT2D eigenvalue weighted by molar-refractivity contribution is -0.131.